The third-order valence-electron chi connectivity index (χ3n) is 4.53. The van der Waals surface area contributed by atoms with Gasteiger partial charge in [-0.25, -0.2) is 12.8 Å². The van der Waals surface area contributed by atoms with Crippen LogP contribution in [0.1, 0.15) is 16.7 Å². The summed E-state index contributed by atoms with van der Waals surface area (Å²) in [6, 6.07) is 21.5. The lowest BCUT2D eigenvalue weighted by Gasteiger charge is -2.16. The summed E-state index contributed by atoms with van der Waals surface area (Å²) in [5.74, 6) is -0.0797. The fraction of sp³-hybridized carbons (Fsp3) is 0.125. The summed E-state index contributed by atoms with van der Waals surface area (Å²) in [5, 5.41) is 13.2. The Bertz CT molecular complexity index is 1260. The lowest BCUT2D eigenvalue weighted by molar-refractivity contribution is 0.603. The molecule has 0 unspecified atom stereocenters. The number of aryl methyl sites for hydroxylation is 2. The van der Waals surface area contributed by atoms with Crippen molar-refractivity contribution >= 4 is 27.3 Å². The Morgan fingerprint density at radius 2 is 1.77 bits per heavy atom. The number of thioether (sulfide) groups is 1. The third-order valence-corrected chi connectivity index (χ3v) is 7.46. The summed E-state index contributed by atoms with van der Waals surface area (Å²) in [6.45, 7) is 3.87. The van der Waals surface area contributed by atoms with E-state index in [-0.39, 0.29) is 20.6 Å². The molecule has 0 aromatic heterocycles. The summed E-state index contributed by atoms with van der Waals surface area (Å²) in [6.07, 6.45) is 0. The van der Waals surface area contributed by atoms with Crippen molar-refractivity contribution < 1.29 is 12.8 Å². The molecule has 158 valence electrons. The van der Waals surface area contributed by atoms with Gasteiger partial charge in [-0.3, -0.25) is 0 Å². The van der Waals surface area contributed by atoms with E-state index in [2.05, 4.69) is 5.32 Å². The van der Waals surface area contributed by atoms with Gasteiger partial charge in [0.1, 0.15) is 16.9 Å². The Labute approximate surface area is 186 Å². The normalized spacial score (nSPS) is 12.1. The second-order valence-corrected chi connectivity index (χ2v) is 9.82. The van der Waals surface area contributed by atoms with Gasteiger partial charge in [-0.2, -0.15) is 5.26 Å². The van der Waals surface area contributed by atoms with Crippen molar-refractivity contribution in [2.45, 2.75) is 24.5 Å². The maximum Gasteiger partial charge on any atom is 0.219 e. The number of rotatable bonds is 7. The van der Waals surface area contributed by atoms with Crippen LogP contribution in [0.4, 0.5) is 10.1 Å². The molecule has 0 radical (unpaired) electrons. The molecule has 3 aromatic carbocycles. The highest BCUT2D eigenvalue weighted by Gasteiger charge is 2.25. The average Bonchev–Trinajstić information content (AvgIpc) is 2.74. The van der Waals surface area contributed by atoms with Crippen molar-refractivity contribution in [1.29, 1.82) is 5.26 Å². The van der Waals surface area contributed by atoms with Crippen LogP contribution in [0.2, 0.25) is 0 Å². The maximum atomic E-state index is 13.6. The number of allylic oxidation sites excluding steroid dienone is 1. The molecule has 0 spiro atoms. The molecule has 0 amide bonds. The van der Waals surface area contributed by atoms with Crippen LogP contribution in [0, 0.1) is 31.0 Å². The van der Waals surface area contributed by atoms with Gasteiger partial charge >= 0.3 is 0 Å². The number of nitrogens with zero attached hydrogens (tertiary/aromatic N) is 1. The lowest BCUT2D eigenvalue weighted by atomic mass is 10.1. The van der Waals surface area contributed by atoms with Gasteiger partial charge in [-0.1, -0.05) is 48.0 Å². The molecule has 1 N–H and O–H groups in total. The van der Waals surface area contributed by atoms with Crippen molar-refractivity contribution in [2.75, 3.05) is 5.32 Å². The highest BCUT2D eigenvalue weighted by Crippen LogP contribution is 2.32. The monoisotopic (exact) mass is 452 g/mol. The molecule has 0 bridgehead atoms. The zero-order valence-corrected chi connectivity index (χ0v) is 18.7. The van der Waals surface area contributed by atoms with Crippen LogP contribution < -0.4 is 5.32 Å². The van der Waals surface area contributed by atoms with Crippen LogP contribution in [-0.2, 0) is 15.6 Å². The molecule has 0 saturated heterocycles. The summed E-state index contributed by atoms with van der Waals surface area (Å²) in [5.41, 5.74) is 3.36. The highest BCUT2D eigenvalue weighted by atomic mass is 32.2. The summed E-state index contributed by atoms with van der Waals surface area (Å²) >= 11 is 1.15. The minimum atomic E-state index is -4.04. The highest BCUT2D eigenvalue weighted by molar-refractivity contribution is 8.04. The van der Waals surface area contributed by atoms with E-state index in [9.17, 15) is 18.1 Å². The number of hydrogen-bond donors (Lipinski definition) is 1. The summed E-state index contributed by atoms with van der Waals surface area (Å²) in [7, 11) is -4.04. The van der Waals surface area contributed by atoms with Crippen molar-refractivity contribution in [3.05, 3.63) is 105 Å². The first kappa shape index (κ1) is 22.6. The Morgan fingerprint density at radius 3 is 2.42 bits per heavy atom. The fourth-order valence-electron chi connectivity index (χ4n) is 2.97. The van der Waals surface area contributed by atoms with Gasteiger partial charge in [0.25, 0.3) is 0 Å². The predicted molar refractivity (Wildman–Crippen MR) is 124 cm³/mol. The number of nitriles is 1. The molecule has 7 heteroatoms. The first-order valence-corrected chi connectivity index (χ1v) is 11.9. The molecule has 0 aliphatic heterocycles. The van der Waals surface area contributed by atoms with Gasteiger partial charge in [0.05, 0.1) is 4.90 Å². The quantitative estimate of drug-likeness (QED) is 0.448. The molecule has 0 heterocycles. The molecule has 4 nitrogen and oxygen atoms in total. The van der Waals surface area contributed by atoms with Gasteiger partial charge in [0.15, 0.2) is 4.91 Å². The molecular weight excluding hydrogens is 431 g/mol. The summed E-state index contributed by atoms with van der Waals surface area (Å²) < 4.78 is 40.0. The van der Waals surface area contributed by atoms with Gasteiger partial charge in [0, 0.05) is 11.4 Å². The molecule has 0 atom stereocenters. The zero-order valence-electron chi connectivity index (χ0n) is 17.1. The Hall–Kier alpha value is -3.08. The molecule has 0 saturated carbocycles. The number of hydrogen-bond acceptors (Lipinski definition) is 5. The Balaban J connectivity index is 2.07. The molecule has 3 rings (SSSR count). The van der Waals surface area contributed by atoms with Gasteiger partial charge in [-0.05, 0) is 55.3 Å². The van der Waals surface area contributed by atoms with Gasteiger partial charge in [-0.15, -0.1) is 11.8 Å². The number of anilines is 1. The molecular formula is C24H21FN2O2S2. The van der Waals surface area contributed by atoms with Gasteiger partial charge < -0.3 is 5.32 Å². The Kier molecular flexibility index (Phi) is 7.16. The van der Waals surface area contributed by atoms with Crippen molar-refractivity contribution in [2.24, 2.45) is 0 Å². The number of benzene rings is 3. The minimum Gasteiger partial charge on any atom is -0.348 e. The van der Waals surface area contributed by atoms with Crippen molar-refractivity contribution in [1.82, 2.24) is 0 Å². The summed E-state index contributed by atoms with van der Waals surface area (Å²) in [4.78, 5) is -0.335. The van der Waals surface area contributed by atoms with Crippen LogP contribution in [0.5, 0.6) is 0 Å². The van der Waals surface area contributed by atoms with E-state index in [0.29, 0.717) is 17.0 Å². The third kappa shape index (κ3) is 5.54. The van der Waals surface area contributed by atoms with Crippen LogP contribution >= 0.6 is 11.8 Å². The molecule has 0 fully saturated rings. The number of nitrogens with one attached hydrogen (secondary N) is 1. The van der Waals surface area contributed by atoms with Crippen LogP contribution in [0.15, 0.2) is 87.6 Å². The molecule has 0 aliphatic carbocycles. The van der Waals surface area contributed by atoms with E-state index in [1.54, 1.807) is 30.3 Å². The van der Waals surface area contributed by atoms with Crippen LogP contribution in [-0.4, -0.2) is 8.42 Å². The largest absolute Gasteiger partial charge is 0.348 e. The predicted octanol–water partition coefficient (Wildman–Crippen LogP) is 5.95. The maximum absolute atomic E-state index is 13.6. The number of sulfone groups is 1. The SMILES string of the molecule is Cc1ccc(N/C(SCc2cccc(F)c2)=C(/C#N)S(=O)(=O)c2ccccc2)c(C)c1. The first-order chi connectivity index (χ1) is 14.8. The second kappa shape index (κ2) is 9.82. The van der Waals surface area contributed by atoms with E-state index in [1.807, 2.05) is 38.1 Å². The fourth-order valence-corrected chi connectivity index (χ4v) is 5.49. The second-order valence-electron chi connectivity index (χ2n) is 6.95. The lowest BCUT2D eigenvalue weighted by Crippen LogP contribution is -2.11. The molecule has 3 aromatic rings. The molecule has 31 heavy (non-hydrogen) atoms. The molecule has 0 aliphatic rings. The van der Waals surface area contributed by atoms with Gasteiger partial charge in [0.2, 0.25) is 9.84 Å². The zero-order chi connectivity index (χ0) is 22.4. The Morgan fingerprint density at radius 1 is 1.03 bits per heavy atom. The van der Waals surface area contributed by atoms with Crippen LogP contribution in [0.3, 0.4) is 0 Å². The van der Waals surface area contributed by atoms with E-state index in [4.69, 9.17) is 0 Å². The van der Waals surface area contributed by atoms with Crippen molar-refractivity contribution in [3.8, 4) is 6.07 Å². The van der Waals surface area contributed by atoms with E-state index in [1.165, 1.54) is 24.3 Å². The first-order valence-electron chi connectivity index (χ1n) is 9.47. The minimum absolute atomic E-state index is 0.0397. The standard InChI is InChI=1S/C24H21FN2O2S2/c1-17-11-12-22(18(2)13-17)27-24(30-16-19-7-6-8-20(25)14-19)23(15-26)31(28,29)21-9-4-3-5-10-21/h3-14,27H,16H2,1-2H3/b24-23+. The van der Waals surface area contributed by atoms with E-state index >= 15 is 0 Å². The number of halogens is 1. The van der Waals surface area contributed by atoms with Crippen molar-refractivity contribution in [3.63, 3.8) is 0 Å². The van der Waals surface area contributed by atoms with Crippen LogP contribution in [0.25, 0.3) is 0 Å². The average molecular weight is 453 g/mol. The smallest absolute Gasteiger partial charge is 0.219 e. The topological polar surface area (TPSA) is 70.0 Å². The van der Waals surface area contributed by atoms with E-state index < -0.39 is 9.84 Å². The van der Waals surface area contributed by atoms with E-state index in [0.717, 1.165) is 22.9 Å².